The van der Waals surface area contributed by atoms with Gasteiger partial charge in [0.1, 0.15) is 17.9 Å². The van der Waals surface area contributed by atoms with Crippen molar-refractivity contribution in [2.24, 2.45) is 0 Å². The number of anilines is 2. The van der Waals surface area contributed by atoms with Gasteiger partial charge in [0.25, 0.3) is 0 Å². The van der Waals surface area contributed by atoms with E-state index in [-0.39, 0.29) is 17.4 Å². The maximum Gasteiger partial charge on any atom is 0.230 e. The number of methoxy groups -OCH3 is 1. The maximum atomic E-state index is 11.9. The summed E-state index contributed by atoms with van der Waals surface area (Å²) < 4.78 is 34.0. The Kier molecular flexibility index (Phi) is 5.64. The van der Waals surface area contributed by atoms with Gasteiger partial charge in [0.15, 0.2) is 21.4 Å². The third-order valence-electron chi connectivity index (χ3n) is 3.95. The van der Waals surface area contributed by atoms with Crippen LogP contribution in [0.25, 0.3) is 11.5 Å². The number of rotatable bonds is 7. The van der Waals surface area contributed by atoms with Crippen molar-refractivity contribution >= 4 is 27.1 Å². The summed E-state index contributed by atoms with van der Waals surface area (Å²) in [7, 11) is -1.75. The molecule has 0 saturated heterocycles. The first kappa shape index (κ1) is 20.5. The van der Waals surface area contributed by atoms with Gasteiger partial charge in [-0.3, -0.25) is 4.79 Å². The second-order valence-electron chi connectivity index (χ2n) is 6.46. The zero-order valence-electron chi connectivity index (χ0n) is 16.4. The van der Waals surface area contributed by atoms with Crippen molar-refractivity contribution in [1.29, 1.82) is 0 Å². The van der Waals surface area contributed by atoms with Crippen LogP contribution in [-0.2, 0) is 15.6 Å². The topological polar surface area (TPSA) is 124 Å². The van der Waals surface area contributed by atoms with Gasteiger partial charge in [-0.15, -0.1) is 0 Å². The van der Waals surface area contributed by atoms with Crippen molar-refractivity contribution in [3.8, 4) is 17.2 Å². The number of sulfone groups is 1. The molecule has 1 N–H and O–H groups in total. The van der Waals surface area contributed by atoms with E-state index < -0.39 is 9.84 Å². The van der Waals surface area contributed by atoms with E-state index in [1.165, 1.54) is 26.5 Å². The van der Waals surface area contributed by atoms with Gasteiger partial charge < -0.3 is 14.5 Å². The smallest absolute Gasteiger partial charge is 0.230 e. The number of carbonyl (C=O) groups is 1. The van der Waals surface area contributed by atoms with Crippen LogP contribution in [0.2, 0.25) is 0 Å². The Morgan fingerprint density at radius 1 is 1.28 bits per heavy atom. The Morgan fingerprint density at radius 3 is 2.69 bits per heavy atom. The van der Waals surface area contributed by atoms with Crippen LogP contribution in [-0.4, -0.2) is 42.5 Å². The molecule has 10 heteroatoms. The number of carbonyl (C=O) groups excluding carboxylic acids is 1. The fourth-order valence-electron chi connectivity index (χ4n) is 2.74. The molecule has 152 valence electrons. The molecular formula is C19H20N4O5S. The van der Waals surface area contributed by atoms with Crippen LogP contribution in [0.3, 0.4) is 0 Å². The average Bonchev–Trinajstić information content (AvgIpc) is 3.07. The van der Waals surface area contributed by atoms with E-state index in [2.05, 4.69) is 20.3 Å². The molecule has 1 aromatic carbocycles. The van der Waals surface area contributed by atoms with Crippen LogP contribution in [0.4, 0.5) is 11.5 Å². The molecule has 0 fully saturated rings. The fraction of sp³-hybridized carbons (Fsp3) is 0.263. The summed E-state index contributed by atoms with van der Waals surface area (Å²) in [5.41, 5.74) is 1.70. The van der Waals surface area contributed by atoms with Gasteiger partial charge in [0, 0.05) is 12.5 Å². The highest BCUT2D eigenvalue weighted by Gasteiger charge is 2.19. The van der Waals surface area contributed by atoms with Crippen LogP contribution in [0.5, 0.6) is 5.75 Å². The minimum atomic E-state index is -3.24. The molecule has 3 rings (SSSR count). The van der Waals surface area contributed by atoms with Crippen molar-refractivity contribution in [2.75, 3.05) is 18.7 Å². The standard InChI is InChI=1S/C19H20N4O5S/c1-11(24)15-8-20-12(2)21-18(15)23-16-7-5-6-14(17(16)27-3)19-22-13(9-28-19)10-29(4,25)26/h5-9H,10H2,1-4H3,(H,20,21,23). The van der Waals surface area contributed by atoms with Gasteiger partial charge in [0.05, 0.1) is 35.4 Å². The van der Waals surface area contributed by atoms with Crippen molar-refractivity contribution < 1.29 is 22.4 Å². The van der Waals surface area contributed by atoms with Crippen LogP contribution in [0.15, 0.2) is 35.1 Å². The van der Waals surface area contributed by atoms with Crippen LogP contribution < -0.4 is 10.1 Å². The lowest BCUT2D eigenvalue weighted by molar-refractivity contribution is 0.101. The number of ether oxygens (including phenoxy) is 1. The molecule has 0 atom stereocenters. The van der Waals surface area contributed by atoms with Gasteiger partial charge in [-0.25, -0.2) is 23.4 Å². The number of benzene rings is 1. The number of ketones is 1. The lowest BCUT2D eigenvalue weighted by Crippen LogP contribution is -2.06. The average molecular weight is 416 g/mol. The van der Waals surface area contributed by atoms with Crippen molar-refractivity contribution in [3.05, 3.63) is 47.7 Å². The maximum absolute atomic E-state index is 11.9. The Balaban J connectivity index is 2.02. The summed E-state index contributed by atoms with van der Waals surface area (Å²) in [6.45, 7) is 3.15. The number of aryl methyl sites for hydroxylation is 1. The first-order chi connectivity index (χ1) is 13.7. The number of oxazole rings is 1. The lowest BCUT2D eigenvalue weighted by atomic mass is 10.1. The van der Waals surface area contributed by atoms with E-state index in [1.54, 1.807) is 25.1 Å². The predicted molar refractivity (Wildman–Crippen MR) is 107 cm³/mol. The van der Waals surface area contributed by atoms with Crippen molar-refractivity contribution in [3.63, 3.8) is 0 Å². The molecule has 2 heterocycles. The quantitative estimate of drug-likeness (QED) is 0.579. The summed E-state index contributed by atoms with van der Waals surface area (Å²) in [6, 6.07) is 5.24. The number of hydrogen-bond acceptors (Lipinski definition) is 9. The van der Waals surface area contributed by atoms with Crippen LogP contribution >= 0.6 is 0 Å². The number of Topliss-reactive ketones (excluding diaryl/α,β-unsaturated/α-hetero) is 1. The van der Waals surface area contributed by atoms with Gasteiger partial charge in [-0.05, 0) is 26.0 Å². The normalized spacial score (nSPS) is 11.3. The first-order valence-corrected chi connectivity index (χ1v) is 10.6. The number of para-hydroxylation sites is 1. The molecule has 0 radical (unpaired) electrons. The van der Waals surface area contributed by atoms with Gasteiger partial charge in [0.2, 0.25) is 5.89 Å². The molecule has 29 heavy (non-hydrogen) atoms. The van der Waals surface area contributed by atoms with E-state index in [4.69, 9.17) is 9.15 Å². The molecule has 0 saturated carbocycles. The number of nitrogens with one attached hydrogen (secondary N) is 1. The monoisotopic (exact) mass is 416 g/mol. The Labute approximate surface area is 168 Å². The molecule has 9 nitrogen and oxygen atoms in total. The molecule has 0 aliphatic rings. The zero-order valence-corrected chi connectivity index (χ0v) is 17.2. The molecule has 0 unspecified atom stereocenters. The predicted octanol–water partition coefficient (Wildman–Crippen LogP) is 2.94. The molecule has 0 aliphatic heterocycles. The lowest BCUT2D eigenvalue weighted by Gasteiger charge is -2.15. The summed E-state index contributed by atoms with van der Waals surface area (Å²) in [4.78, 5) is 24.5. The van der Waals surface area contributed by atoms with Gasteiger partial charge in [-0.2, -0.15) is 0 Å². The number of aromatic nitrogens is 3. The summed E-state index contributed by atoms with van der Waals surface area (Å²) in [5.74, 6) is 1.08. The zero-order chi connectivity index (χ0) is 21.2. The third kappa shape index (κ3) is 4.77. The summed E-state index contributed by atoms with van der Waals surface area (Å²) in [6.07, 6.45) is 3.90. The molecule has 3 aromatic rings. The second-order valence-corrected chi connectivity index (χ2v) is 8.60. The largest absolute Gasteiger partial charge is 0.494 e. The summed E-state index contributed by atoms with van der Waals surface area (Å²) >= 11 is 0. The highest BCUT2D eigenvalue weighted by atomic mass is 32.2. The number of nitrogens with zero attached hydrogens (tertiary/aromatic N) is 3. The molecule has 0 amide bonds. The Hall–Kier alpha value is -3.27. The minimum Gasteiger partial charge on any atom is -0.494 e. The third-order valence-corrected chi connectivity index (χ3v) is 4.77. The SMILES string of the molecule is COc1c(Nc2nc(C)ncc2C(C)=O)cccc1-c1nc(CS(C)(=O)=O)co1. The van der Waals surface area contributed by atoms with E-state index in [0.29, 0.717) is 39.9 Å². The van der Waals surface area contributed by atoms with Crippen molar-refractivity contribution in [1.82, 2.24) is 15.0 Å². The van der Waals surface area contributed by atoms with Gasteiger partial charge in [-0.1, -0.05) is 6.07 Å². The van der Waals surface area contributed by atoms with Crippen molar-refractivity contribution in [2.45, 2.75) is 19.6 Å². The molecule has 0 bridgehead atoms. The van der Waals surface area contributed by atoms with Gasteiger partial charge >= 0.3 is 0 Å². The Bertz CT molecular complexity index is 1170. The molecule has 2 aromatic heterocycles. The first-order valence-electron chi connectivity index (χ1n) is 8.59. The molecule has 0 aliphatic carbocycles. The highest BCUT2D eigenvalue weighted by molar-refractivity contribution is 7.89. The fourth-order valence-corrected chi connectivity index (χ4v) is 3.41. The van der Waals surface area contributed by atoms with E-state index in [1.807, 2.05) is 0 Å². The number of hydrogen-bond donors (Lipinski definition) is 1. The second kappa shape index (κ2) is 8.00. The Morgan fingerprint density at radius 2 is 2.03 bits per heavy atom. The molecule has 0 spiro atoms. The molecular weight excluding hydrogens is 396 g/mol. The van der Waals surface area contributed by atoms with Crippen LogP contribution in [0, 0.1) is 6.92 Å². The minimum absolute atomic E-state index is 0.180. The highest BCUT2D eigenvalue weighted by Crippen LogP contribution is 2.37. The van der Waals surface area contributed by atoms with Crippen LogP contribution in [0.1, 0.15) is 28.8 Å². The van der Waals surface area contributed by atoms with E-state index in [0.717, 1.165) is 6.26 Å². The van der Waals surface area contributed by atoms with E-state index in [9.17, 15) is 13.2 Å². The van der Waals surface area contributed by atoms with E-state index >= 15 is 0 Å². The summed E-state index contributed by atoms with van der Waals surface area (Å²) in [5, 5.41) is 3.11.